The van der Waals surface area contributed by atoms with Crippen molar-refractivity contribution in [2.24, 2.45) is 5.73 Å². The van der Waals surface area contributed by atoms with Crippen molar-refractivity contribution in [2.45, 2.75) is 25.8 Å². The number of carbonyl (C=O) groups excluding carboxylic acids is 1. The van der Waals surface area contributed by atoms with Crippen LogP contribution in [0.2, 0.25) is 0 Å². The summed E-state index contributed by atoms with van der Waals surface area (Å²) in [5, 5.41) is 0. The number of carbonyl (C=O) groups is 1. The van der Waals surface area contributed by atoms with Gasteiger partial charge in [-0.05, 0) is 17.0 Å². The van der Waals surface area contributed by atoms with Gasteiger partial charge in [0.25, 0.3) is 0 Å². The Morgan fingerprint density at radius 3 is 2.07 bits per heavy atom. The first-order valence-electron chi connectivity index (χ1n) is 4.99. The number of hydrogen-bond donors (Lipinski definition) is 1. The first kappa shape index (κ1) is 11.7. The fourth-order valence-corrected chi connectivity index (χ4v) is 1.35. The van der Waals surface area contributed by atoms with E-state index in [1.54, 1.807) is 0 Å². The summed E-state index contributed by atoms with van der Waals surface area (Å²) in [6.45, 7) is 4.24. The van der Waals surface area contributed by atoms with Gasteiger partial charge in [-0.1, -0.05) is 38.1 Å². The molecule has 3 nitrogen and oxygen atoms in total. The smallest absolute Gasteiger partial charge is 0.327 e. The molecule has 0 spiro atoms. The van der Waals surface area contributed by atoms with Crippen molar-refractivity contribution in [3.8, 4) is 0 Å². The lowest BCUT2D eigenvalue weighted by Gasteiger charge is -2.11. The standard InChI is InChI=1S/C12H17NO2/c1-8(2)9-4-6-10(7-5-9)11(13)12(14)15-3/h4-8,11H,13H2,1-3H3. The van der Waals surface area contributed by atoms with Gasteiger partial charge in [-0.25, -0.2) is 0 Å². The van der Waals surface area contributed by atoms with Crippen LogP contribution < -0.4 is 5.73 Å². The third-order valence-electron chi connectivity index (χ3n) is 2.42. The molecule has 2 N–H and O–H groups in total. The van der Waals surface area contributed by atoms with Gasteiger partial charge in [0.15, 0.2) is 0 Å². The van der Waals surface area contributed by atoms with Crippen LogP contribution in [0.15, 0.2) is 24.3 Å². The van der Waals surface area contributed by atoms with Crippen molar-refractivity contribution in [2.75, 3.05) is 7.11 Å². The van der Waals surface area contributed by atoms with Crippen LogP contribution in [0.25, 0.3) is 0 Å². The van der Waals surface area contributed by atoms with Crippen molar-refractivity contribution < 1.29 is 9.53 Å². The summed E-state index contributed by atoms with van der Waals surface area (Å²) in [6, 6.07) is 7.04. The largest absolute Gasteiger partial charge is 0.468 e. The third-order valence-corrected chi connectivity index (χ3v) is 2.42. The normalized spacial score (nSPS) is 12.6. The number of nitrogens with two attached hydrogens (primary N) is 1. The van der Waals surface area contributed by atoms with Crippen LogP contribution >= 0.6 is 0 Å². The van der Waals surface area contributed by atoms with Crippen LogP contribution in [0, 0.1) is 0 Å². The molecular weight excluding hydrogens is 190 g/mol. The summed E-state index contributed by atoms with van der Waals surface area (Å²) in [5.41, 5.74) is 7.72. The van der Waals surface area contributed by atoms with Gasteiger partial charge in [-0.3, -0.25) is 4.79 Å². The maximum atomic E-state index is 11.2. The zero-order chi connectivity index (χ0) is 11.4. The van der Waals surface area contributed by atoms with E-state index in [-0.39, 0.29) is 0 Å². The number of benzene rings is 1. The zero-order valence-electron chi connectivity index (χ0n) is 9.36. The Balaban J connectivity index is 2.84. The van der Waals surface area contributed by atoms with E-state index in [4.69, 9.17) is 5.73 Å². The quantitative estimate of drug-likeness (QED) is 0.771. The van der Waals surface area contributed by atoms with E-state index in [1.165, 1.54) is 12.7 Å². The van der Waals surface area contributed by atoms with Crippen molar-refractivity contribution in [3.05, 3.63) is 35.4 Å². The number of rotatable bonds is 3. The second-order valence-electron chi connectivity index (χ2n) is 3.82. The molecule has 0 heterocycles. The molecule has 0 aliphatic carbocycles. The molecule has 0 saturated carbocycles. The maximum absolute atomic E-state index is 11.2. The van der Waals surface area contributed by atoms with Crippen molar-refractivity contribution >= 4 is 5.97 Å². The van der Waals surface area contributed by atoms with Gasteiger partial charge in [-0.2, -0.15) is 0 Å². The van der Waals surface area contributed by atoms with E-state index in [1.807, 2.05) is 24.3 Å². The molecule has 82 valence electrons. The Morgan fingerprint density at radius 1 is 1.20 bits per heavy atom. The minimum absolute atomic E-state index is 0.410. The summed E-state index contributed by atoms with van der Waals surface area (Å²) in [5.74, 6) is 0.0701. The predicted octanol–water partition coefficient (Wildman–Crippen LogP) is 1.98. The summed E-state index contributed by atoms with van der Waals surface area (Å²) < 4.78 is 4.58. The van der Waals surface area contributed by atoms with E-state index in [9.17, 15) is 4.79 Å². The minimum Gasteiger partial charge on any atom is -0.468 e. The minimum atomic E-state index is -0.684. The second kappa shape index (κ2) is 4.94. The van der Waals surface area contributed by atoms with Crippen LogP contribution in [0.5, 0.6) is 0 Å². The summed E-state index contributed by atoms with van der Waals surface area (Å²) in [6.07, 6.45) is 0. The van der Waals surface area contributed by atoms with Gasteiger partial charge in [0.2, 0.25) is 0 Å². The van der Waals surface area contributed by atoms with Crippen LogP contribution in [0.4, 0.5) is 0 Å². The Hall–Kier alpha value is -1.35. The molecule has 3 heteroatoms. The molecule has 0 saturated heterocycles. The fourth-order valence-electron chi connectivity index (χ4n) is 1.35. The molecule has 1 rings (SSSR count). The molecular formula is C12H17NO2. The zero-order valence-corrected chi connectivity index (χ0v) is 9.36. The van der Waals surface area contributed by atoms with Gasteiger partial charge in [0.1, 0.15) is 6.04 Å². The molecule has 1 aromatic carbocycles. The predicted molar refractivity (Wildman–Crippen MR) is 59.5 cm³/mol. The Labute approximate surface area is 90.2 Å². The summed E-state index contributed by atoms with van der Waals surface area (Å²) in [7, 11) is 1.34. The lowest BCUT2D eigenvalue weighted by molar-refractivity contribution is -0.142. The average Bonchev–Trinajstić information content (AvgIpc) is 2.27. The number of esters is 1. The molecule has 0 aromatic heterocycles. The van der Waals surface area contributed by atoms with Crippen molar-refractivity contribution in [1.82, 2.24) is 0 Å². The van der Waals surface area contributed by atoms with Crippen molar-refractivity contribution in [3.63, 3.8) is 0 Å². The lowest BCUT2D eigenvalue weighted by atomic mass is 9.99. The van der Waals surface area contributed by atoms with Gasteiger partial charge in [0.05, 0.1) is 7.11 Å². The van der Waals surface area contributed by atoms with Crippen LogP contribution in [-0.2, 0) is 9.53 Å². The van der Waals surface area contributed by atoms with Crippen LogP contribution in [-0.4, -0.2) is 13.1 Å². The molecule has 1 atom stereocenters. The molecule has 1 unspecified atom stereocenters. The Kier molecular flexibility index (Phi) is 3.86. The molecule has 0 radical (unpaired) electrons. The van der Waals surface area contributed by atoms with E-state index in [0.717, 1.165) is 5.56 Å². The van der Waals surface area contributed by atoms with Gasteiger partial charge in [-0.15, -0.1) is 0 Å². The van der Waals surface area contributed by atoms with Crippen LogP contribution in [0.1, 0.15) is 36.9 Å². The molecule has 0 aliphatic rings. The number of ether oxygens (including phenoxy) is 1. The molecule has 0 aliphatic heterocycles. The lowest BCUT2D eigenvalue weighted by Crippen LogP contribution is -2.22. The summed E-state index contributed by atoms with van der Waals surface area (Å²) >= 11 is 0. The molecule has 0 bridgehead atoms. The highest BCUT2D eigenvalue weighted by Crippen LogP contribution is 2.18. The first-order valence-corrected chi connectivity index (χ1v) is 4.99. The van der Waals surface area contributed by atoms with Crippen molar-refractivity contribution in [1.29, 1.82) is 0 Å². The topological polar surface area (TPSA) is 52.3 Å². The van der Waals surface area contributed by atoms with Gasteiger partial charge in [0, 0.05) is 0 Å². The monoisotopic (exact) mass is 207 g/mol. The average molecular weight is 207 g/mol. The van der Waals surface area contributed by atoms with E-state index in [0.29, 0.717) is 5.92 Å². The molecule has 0 fully saturated rings. The molecule has 15 heavy (non-hydrogen) atoms. The van der Waals surface area contributed by atoms with Gasteiger partial charge >= 0.3 is 5.97 Å². The second-order valence-corrected chi connectivity index (χ2v) is 3.82. The van der Waals surface area contributed by atoms with Gasteiger partial charge < -0.3 is 10.5 Å². The van der Waals surface area contributed by atoms with E-state index < -0.39 is 12.0 Å². The molecule has 0 amide bonds. The number of hydrogen-bond acceptors (Lipinski definition) is 3. The van der Waals surface area contributed by atoms with E-state index >= 15 is 0 Å². The van der Waals surface area contributed by atoms with Crippen LogP contribution in [0.3, 0.4) is 0 Å². The Bertz CT molecular complexity index is 330. The highest BCUT2D eigenvalue weighted by Gasteiger charge is 2.15. The first-order chi connectivity index (χ1) is 7.06. The molecule has 1 aromatic rings. The number of methoxy groups -OCH3 is 1. The van der Waals surface area contributed by atoms with E-state index in [2.05, 4.69) is 18.6 Å². The third kappa shape index (κ3) is 2.80. The summed E-state index contributed by atoms with van der Waals surface area (Å²) in [4.78, 5) is 11.2. The highest BCUT2D eigenvalue weighted by atomic mass is 16.5. The highest BCUT2D eigenvalue weighted by molar-refractivity contribution is 5.77. The Morgan fingerprint density at radius 2 is 1.67 bits per heavy atom. The SMILES string of the molecule is COC(=O)C(N)c1ccc(C(C)C)cc1. The fraction of sp³-hybridized carbons (Fsp3) is 0.417. The maximum Gasteiger partial charge on any atom is 0.327 e.